The summed E-state index contributed by atoms with van der Waals surface area (Å²) in [6, 6.07) is 14.3. The van der Waals surface area contributed by atoms with Crippen molar-refractivity contribution in [3.8, 4) is 11.5 Å². The molecular weight excluding hydrogens is 392 g/mol. The van der Waals surface area contributed by atoms with E-state index in [1.807, 2.05) is 83.1 Å². The van der Waals surface area contributed by atoms with E-state index in [1.54, 1.807) is 0 Å². The van der Waals surface area contributed by atoms with Crippen LogP contribution in [0.15, 0.2) is 48.5 Å². The van der Waals surface area contributed by atoms with E-state index in [4.69, 9.17) is 9.47 Å². The van der Waals surface area contributed by atoms with Crippen LogP contribution in [0.2, 0.25) is 0 Å². The molecule has 6 nitrogen and oxygen atoms in total. The Bertz CT molecular complexity index is 852. The van der Waals surface area contributed by atoms with Gasteiger partial charge in [0.1, 0.15) is 6.04 Å². The van der Waals surface area contributed by atoms with Crippen molar-refractivity contribution in [3.05, 3.63) is 59.7 Å². The van der Waals surface area contributed by atoms with Gasteiger partial charge in [-0.05, 0) is 49.9 Å². The molecule has 2 rings (SSSR count). The van der Waals surface area contributed by atoms with Crippen molar-refractivity contribution in [3.63, 3.8) is 0 Å². The maximum atomic E-state index is 13.0. The van der Waals surface area contributed by atoms with Crippen LogP contribution >= 0.6 is 0 Å². The zero-order valence-corrected chi connectivity index (χ0v) is 19.1. The monoisotopic (exact) mass is 426 g/mol. The first-order valence-corrected chi connectivity index (χ1v) is 10.9. The molecule has 6 heteroatoms. The molecule has 0 saturated heterocycles. The molecule has 2 aromatic carbocycles. The fraction of sp³-hybridized carbons (Fsp3) is 0.440. The number of hydrogen-bond donors (Lipinski definition) is 2. The molecule has 0 spiro atoms. The number of carbonyl (C=O) groups is 2. The highest BCUT2D eigenvalue weighted by molar-refractivity contribution is 5.88. The predicted octanol–water partition coefficient (Wildman–Crippen LogP) is 4.04. The van der Waals surface area contributed by atoms with Crippen LogP contribution in [0.5, 0.6) is 11.5 Å². The Kier molecular flexibility index (Phi) is 9.38. The van der Waals surface area contributed by atoms with Gasteiger partial charge in [0.15, 0.2) is 11.5 Å². The number of carbonyl (C=O) groups excluding carboxylic acids is 2. The van der Waals surface area contributed by atoms with Crippen LogP contribution in [-0.2, 0) is 16.0 Å². The van der Waals surface area contributed by atoms with Crippen molar-refractivity contribution in [1.82, 2.24) is 10.6 Å². The SMILES string of the molecule is CCOc1ccc(C(C)NC(=O)C(NC(=O)Cc2ccccc2)C(C)C)cc1OCC. The Morgan fingerprint density at radius 1 is 0.871 bits per heavy atom. The zero-order valence-electron chi connectivity index (χ0n) is 19.1. The Hall–Kier alpha value is -3.02. The lowest BCUT2D eigenvalue weighted by Gasteiger charge is -2.24. The summed E-state index contributed by atoms with van der Waals surface area (Å²) in [6.07, 6.45) is 0.240. The summed E-state index contributed by atoms with van der Waals surface area (Å²) in [5, 5.41) is 5.90. The van der Waals surface area contributed by atoms with Gasteiger partial charge in [-0.2, -0.15) is 0 Å². The van der Waals surface area contributed by atoms with Gasteiger partial charge in [0, 0.05) is 0 Å². The summed E-state index contributed by atoms with van der Waals surface area (Å²) in [5.41, 5.74) is 1.81. The topological polar surface area (TPSA) is 76.7 Å². The van der Waals surface area contributed by atoms with Gasteiger partial charge in [-0.1, -0.05) is 50.2 Å². The van der Waals surface area contributed by atoms with Crippen LogP contribution in [-0.4, -0.2) is 31.1 Å². The van der Waals surface area contributed by atoms with E-state index < -0.39 is 6.04 Å². The van der Waals surface area contributed by atoms with Crippen LogP contribution in [0, 0.1) is 5.92 Å². The van der Waals surface area contributed by atoms with E-state index in [-0.39, 0.29) is 30.2 Å². The summed E-state index contributed by atoms with van der Waals surface area (Å²) in [4.78, 5) is 25.4. The average molecular weight is 427 g/mol. The lowest BCUT2D eigenvalue weighted by atomic mass is 10.0. The van der Waals surface area contributed by atoms with Crippen LogP contribution < -0.4 is 20.1 Å². The third kappa shape index (κ3) is 7.31. The highest BCUT2D eigenvalue weighted by Crippen LogP contribution is 2.30. The van der Waals surface area contributed by atoms with Gasteiger partial charge >= 0.3 is 0 Å². The van der Waals surface area contributed by atoms with Crippen molar-refractivity contribution in [2.75, 3.05) is 13.2 Å². The molecule has 0 aliphatic carbocycles. The first-order valence-electron chi connectivity index (χ1n) is 10.9. The maximum absolute atomic E-state index is 13.0. The van der Waals surface area contributed by atoms with Gasteiger partial charge in [-0.15, -0.1) is 0 Å². The lowest BCUT2D eigenvalue weighted by Crippen LogP contribution is -2.50. The van der Waals surface area contributed by atoms with E-state index in [2.05, 4.69) is 10.6 Å². The zero-order chi connectivity index (χ0) is 22.8. The molecule has 31 heavy (non-hydrogen) atoms. The van der Waals surface area contributed by atoms with Crippen LogP contribution in [0.1, 0.15) is 51.8 Å². The molecule has 0 aliphatic rings. The molecular formula is C25H34N2O4. The van der Waals surface area contributed by atoms with Crippen LogP contribution in [0.25, 0.3) is 0 Å². The highest BCUT2D eigenvalue weighted by Gasteiger charge is 2.26. The number of benzene rings is 2. The molecule has 2 atom stereocenters. The summed E-state index contributed by atoms with van der Waals surface area (Å²) in [6.45, 7) is 10.7. The number of nitrogens with one attached hydrogen (secondary N) is 2. The van der Waals surface area contributed by atoms with Gasteiger partial charge in [-0.25, -0.2) is 0 Å². The summed E-state index contributed by atoms with van der Waals surface area (Å²) in [7, 11) is 0. The van der Waals surface area contributed by atoms with Crippen molar-refractivity contribution in [2.24, 2.45) is 5.92 Å². The molecule has 0 aliphatic heterocycles. The van der Waals surface area contributed by atoms with Crippen molar-refractivity contribution >= 4 is 11.8 Å². The normalized spacial score (nSPS) is 12.7. The first-order chi connectivity index (χ1) is 14.8. The molecule has 2 amide bonds. The van der Waals surface area contributed by atoms with Gasteiger partial charge in [0.05, 0.1) is 25.7 Å². The third-order valence-electron chi connectivity index (χ3n) is 4.90. The molecule has 168 valence electrons. The van der Waals surface area contributed by atoms with E-state index in [0.29, 0.717) is 24.7 Å². The van der Waals surface area contributed by atoms with Gasteiger partial charge in [-0.3, -0.25) is 9.59 Å². The fourth-order valence-electron chi connectivity index (χ4n) is 3.26. The Morgan fingerprint density at radius 2 is 1.52 bits per heavy atom. The van der Waals surface area contributed by atoms with Crippen LogP contribution in [0.3, 0.4) is 0 Å². The second-order valence-corrected chi connectivity index (χ2v) is 7.75. The molecule has 0 aromatic heterocycles. The minimum absolute atomic E-state index is 0.0498. The van der Waals surface area contributed by atoms with Gasteiger partial charge < -0.3 is 20.1 Å². The molecule has 0 bridgehead atoms. The third-order valence-corrected chi connectivity index (χ3v) is 4.90. The second-order valence-electron chi connectivity index (χ2n) is 7.75. The van der Waals surface area contributed by atoms with E-state index >= 15 is 0 Å². The summed E-state index contributed by atoms with van der Waals surface area (Å²) in [5.74, 6) is 0.897. The van der Waals surface area contributed by atoms with Gasteiger partial charge in [0.25, 0.3) is 0 Å². The van der Waals surface area contributed by atoms with E-state index in [0.717, 1.165) is 11.1 Å². The van der Waals surface area contributed by atoms with Gasteiger partial charge in [0.2, 0.25) is 11.8 Å². The largest absolute Gasteiger partial charge is 0.490 e. The van der Waals surface area contributed by atoms with Crippen molar-refractivity contribution in [2.45, 2.75) is 53.1 Å². The van der Waals surface area contributed by atoms with Crippen LogP contribution in [0.4, 0.5) is 0 Å². The van der Waals surface area contributed by atoms with Crippen molar-refractivity contribution in [1.29, 1.82) is 0 Å². The van der Waals surface area contributed by atoms with E-state index in [9.17, 15) is 9.59 Å². The summed E-state index contributed by atoms with van der Waals surface area (Å²) >= 11 is 0. The number of hydrogen-bond acceptors (Lipinski definition) is 4. The first kappa shape index (κ1) is 24.3. The maximum Gasteiger partial charge on any atom is 0.243 e. The Balaban J connectivity index is 2.05. The quantitative estimate of drug-likeness (QED) is 0.568. The smallest absolute Gasteiger partial charge is 0.243 e. The molecule has 0 fully saturated rings. The molecule has 2 aromatic rings. The molecule has 0 saturated carbocycles. The average Bonchev–Trinajstić information content (AvgIpc) is 2.74. The Labute approximate surface area is 185 Å². The van der Waals surface area contributed by atoms with Crippen molar-refractivity contribution < 1.29 is 19.1 Å². The Morgan fingerprint density at radius 3 is 2.13 bits per heavy atom. The fourth-order valence-corrected chi connectivity index (χ4v) is 3.26. The predicted molar refractivity (Wildman–Crippen MR) is 122 cm³/mol. The molecule has 2 N–H and O–H groups in total. The lowest BCUT2D eigenvalue weighted by molar-refractivity contribution is -0.130. The van der Waals surface area contributed by atoms with E-state index in [1.165, 1.54) is 0 Å². The number of rotatable bonds is 11. The molecule has 0 radical (unpaired) electrons. The second kappa shape index (κ2) is 12.0. The number of ether oxygens (including phenoxy) is 2. The summed E-state index contributed by atoms with van der Waals surface area (Å²) < 4.78 is 11.3. The minimum atomic E-state index is -0.618. The molecule has 0 heterocycles. The molecule has 2 unspecified atom stereocenters. The highest BCUT2D eigenvalue weighted by atomic mass is 16.5. The minimum Gasteiger partial charge on any atom is -0.490 e. The number of amides is 2. The standard InChI is InChI=1S/C25H34N2O4/c1-6-30-21-14-13-20(16-22(21)31-7-2)18(5)26-25(29)24(17(3)4)27-23(28)15-19-11-9-8-10-12-19/h8-14,16-18,24H,6-7,15H2,1-5H3,(H,26,29)(H,27,28).